The molecule has 3 rings (SSSR count). The SMILES string of the molecule is CCc1c(-c2ccc3c(c2)COC3)sc(C(=O)OC)c1N. The molecule has 4 nitrogen and oxygen atoms in total. The number of nitrogens with two attached hydrogens (primary N) is 1. The predicted octanol–water partition coefficient (Wildman–Crippen LogP) is 3.38. The summed E-state index contributed by atoms with van der Waals surface area (Å²) >= 11 is 1.40. The van der Waals surface area contributed by atoms with E-state index < -0.39 is 0 Å². The number of carbonyl (C=O) groups excluding carboxylic acids is 1. The molecule has 0 spiro atoms. The van der Waals surface area contributed by atoms with E-state index in [0.29, 0.717) is 23.8 Å². The van der Waals surface area contributed by atoms with Gasteiger partial charge in [0.1, 0.15) is 4.88 Å². The van der Waals surface area contributed by atoms with Crippen molar-refractivity contribution in [1.82, 2.24) is 0 Å². The third-order valence-electron chi connectivity index (χ3n) is 3.76. The zero-order valence-corrected chi connectivity index (χ0v) is 12.9. The van der Waals surface area contributed by atoms with Gasteiger partial charge in [-0.25, -0.2) is 4.79 Å². The lowest BCUT2D eigenvalue weighted by molar-refractivity contribution is 0.0607. The Hall–Kier alpha value is -1.85. The highest BCUT2D eigenvalue weighted by Crippen LogP contribution is 2.40. The first kappa shape index (κ1) is 14.1. The van der Waals surface area contributed by atoms with Gasteiger partial charge in [-0.2, -0.15) is 0 Å². The Morgan fingerprint density at radius 1 is 1.38 bits per heavy atom. The van der Waals surface area contributed by atoms with Crippen LogP contribution < -0.4 is 5.73 Å². The minimum absolute atomic E-state index is 0.372. The third-order valence-corrected chi connectivity index (χ3v) is 5.03. The normalized spacial score (nSPS) is 13.2. The monoisotopic (exact) mass is 303 g/mol. The Morgan fingerprint density at radius 2 is 2.14 bits per heavy atom. The fourth-order valence-electron chi connectivity index (χ4n) is 2.62. The largest absolute Gasteiger partial charge is 0.465 e. The second kappa shape index (κ2) is 5.50. The van der Waals surface area contributed by atoms with Gasteiger partial charge in [-0.1, -0.05) is 19.1 Å². The molecule has 0 aliphatic carbocycles. The van der Waals surface area contributed by atoms with Gasteiger partial charge in [-0.05, 0) is 34.7 Å². The molecular formula is C16H17NO3S. The summed E-state index contributed by atoms with van der Waals surface area (Å²) in [6.07, 6.45) is 0.780. The van der Waals surface area contributed by atoms with Gasteiger partial charge in [0, 0.05) is 4.88 Å². The summed E-state index contributed by atoms with van der Waals surface area (Å²) in [5.74, 6) is -0.372. The summed E-state index contributed by atoms with van der Waals surface area (Å²) in [6.45, 7) is 3.37. The molecule has 0 bridgehead atoms. The average Bonchev–Trinajstić information content (AvgIpc) is 3.09. The van der Waals surface area contributed by atoms with E-state index in [1.165, 1.54) is 29.6 Å². The fraction of sp³-hybridized carbons (Fsp3) is 0.312. The van der Waals surface area contributed by atoms with E-state index in [1.807, 2.05) is 6.92 Å². The van der Waals surface area contributed by atoms with Crippen LogP contribution in [0.2, 0.25) is 0 Å². The van der Waals surface area contributed by atoms with Crippen LogP contribution in [0.4, 0.5) is 5.69 Å². The van der Waals surface area contributed by atoms with Crippen molar-refractivity contribution in [3.63, 3.8) is 0 Å². The summed E-state index contributed by atoms with van der Waals surface area (Å²) in [5.41, 5.74) is 11.2. The molecule has 2 N–H and O–H groups in total. The van der Waals surface area contributed by atoms with Crippen LogP contribution >= 0.6 is 11.3 Å². The van der Waals surface area contributed by atoms with Crippen molar-refractivity contribution in [2.75, 3.05) is 12.8 Å². The molecule has 1 aromatic carbocycles. The van der Waals surface area contributed by atoms with Gasteiger partial charge in [0.05, 0.1) is 26.0 Å². The average molecular weight is 303 g/mol. The van der Waals surface area contributed by atoms with E-state index in [9.17, 15) is 4.79 Å². The van der Waals surface area contributed by atoms with Crippen molar-refractivity contribution in [3.05, 3.63) is 39.8 Å². The first-order chi connectivity index (χ1) is 10.2. The van der Waals surface area contributed by atoms with Gasteiger partial charge in [-0.15, -0.1) is 11.3 Å². The fourth-order valence-corrected chi connectivity index (χ4v) is 3.85. The molecular weight excluding hydrogens is 286 g/mol. The maximum Gasteiger partial charge on any atom is 0.350 e. The Bertz CT molecular complexity index is 706. The van der Waals surface area contributed by atoms with Crippen molar-refractivity contribution in [2.45, 2.75) is 26.6 Å². The molecule has 110 valence electrons. The second-order valence-corrected chi connectivity index (χ2v) is 5.99. The quantitative estimate of drug-likeness (QED) is 0.883. The van der Waals surface area contributed by atoms with E-state index in [1.54, 1.807) is 0 Å². The van der Waals surface area contributed by atoms with Gasteiger partial charge in [0.2, 0.25) is 0 Å². The molecule has 0 radical (unpaired) electrons. The van der Waals surface area contributed by atoms with Crippen LogP contribution in [0.5, 0.6) is 0 Å². The van der Waals surface area contributed by atoms with Crippen LogP contribution in [0.25, 0.3) is 10.4 Å². The van der Waals surface area contributed by atoms with Crippen LogP contribution in [-0.4, -0.2) is 13.1 Å². The second-order valence-electron chi connectivity index (χ2n) is 4.97. The third kappa shape index (κ3) is 2.32. The van der Waals surface area contributed by atoms with Crippen molar-refractivity contribution < 1.29 is 14.3 Å². The van der Waals surface area contributed by atoms with E-state index in [0.717, 1.165) is 22.4 Å². The summed E-state index contributed by atoms with van der Waals surface area (Å²) < 4.78 is 10.3. The Morgan fingerprint density at radius 3 is 2.86 bits per heavy atom. The van der Waals surface area contributed by atoms with Gasteiger partial charge in [0.15, 0.2) is 0 Å². The number of hydrogen-bond donors (Lipinski definition) is 1. The summed E-state index contributed by atoms with van der Waals surface area (Å²) in [6, 6.07) is 6.29. The molecule has 21 heavy (non-hydrogen) atoms. The maximum absolute atomic E-state index is 11.8. The van der Waals surface area contributed by atoms with E-state index in [2.05, 4.69) is 18.2 Å². The number of fused-ring (bicyclic) bond motifs is 1. The van der Waals surface area contributed by atoms with Gasteiger partial charge < -0.3 is 15.2 Å². The molecule has 1 aliphatic rings. The summed E-state index contributed by atoms with van der Waals surface area (Å²) in [5, 5.41) is 0. The van der Waals surface area contributed by atoms with Crippen molar-refractivity contribution >= 4 is 23.0 Å². The van der Waals surface area contributed by atoms with Crippen molar-refractivity contribution in [1.29, 1.82) is 0 Å². The highest BCUT2D eigenvalue weighted by molar-refractivity contribution is 7.18. The molecule has 0 fully saturated rings. The molecule has 1 aliphatic heterocycles. The summed E-state index contributed by atoms with van der Waals surface area (Å²) in [4.78, 5) is 13.4. The van der Waals surface area contributed by atoms with Crippen molar-refractivity contribution in [2.24, 2.45) is 0 Å². The van der Waals surface area contributed by atoms with Crippen LogP contribution in [0.15, 0.2) is 18.2 Å². The minimum atomic E-state index is -0.372. The van der Waals surface area contributed by atoms with Crippen LogP contribution in [0.3, 0.4) is 0 Å². The lowest BCUT2D eigenvalue weighted by Crippen LogP contribution is -2.02. The Labute approximate surface area is 127 Å². The molecule has 2 aromatic rings. The first-order valence-electron chi connectivity index (χ1n) is 6.85. The Kier molecular flexibility index (Phi) is 3.69. The highest BCUT2D eigenvalue weighted by atomic mass is 32.1. The highest BCUT2D eigenvalue weighted by Gasteiger charge is 2.22. The number of benzene rings is 1. The smallest absolute Gasteiger partial charge is 0.350 e. The molecule has 1 aromatic heterocycles. The molecule has 0 saturated heterocycles. The molecule has 0 unspecified atom stereocenters. The lowest BCUT2D eigenvalue weighted by Gasteiger charge is -2.05. The number of anilines is 1. The number of thiophene rings is 1. The summed E-state index contributed by atoms with van der Waals surface area (Å²) in [7, 11) is 1.37. The van der Waals surface area contributed by atoms with Crippen LogP contribution in [0, 0.1) is 0 Å². The number of hydrogen-bond acceptors (Lipinski definition) is 5. The zero-order chi connectivity index (χ0) is 15.0. The number of ether oxygens (including phenoxy) is 2. The van der Waals surface area contributed by atoms with E-state index in [4.69, 9.17) is 15.2 Å². The number of carbonyl (C=O) groups is 1. The Balaban J connectivity index is 2.11. The van der Waals surface area contributed by atoms with E-state index >= 15 is 0 Å². The standard InChI is InChI=1S/C16H17NO3S/c1-3-12-13(17)15(16(18)19-2)21-14(12)9-4-5-10-7-20-8-11(10)6-9/h4-6H,3,7-8,17H2,1-2H3. The van der Waals surface area contributed by atoms with Crippen LogP contribution in [0.1, 0.15) is 33.3 Å². The molecule has 2 heterocycles. The first-order valence-corrected chi connectivity index (χ1v) is 7.66. The van der Waals surface area contributed by atoms with Gasteiger partial charge in [-0.3, -0.25) is 0 Å². The number of methoxy groups -OCH3 is 1. The van der Waals surface area contributed by atoms with Crippen LogP contribution in [-0.2, 0) is 29.1 Å². The molecule has 0 saturated carbocycles. The lowest BCUT2D eigenvalue weighted by atomic mass is 10.0. The minimum Gasteiger partial charge on any atom is -0.465 e. The van der Waals surface area contributed by atoms with Gasteiger partial charge in [0.25, 0.3) is 0 Å². The topological polar surface area (TPSA) is 61.5 Å². The molecule has 5 heteroatoms. The number of esters is 1. The van der Waals surface area contributed by atoms with E-state index in [-0.39, 0.29) is 5.97 Å². The number of rotatable bonds is 3. The molecule has 0 amide bonds. The number of nitrogen functional groups attached to an aromatic ring is 1. The zero-order valence-electron chi connectivity index (χ0n) is 12.1. The predicted molar refractivity (Wildman–Crippen MR) is 83.4 cm³/mol. The van der Waals surface area contributed by atoms with Gasteiger partial charge >= 0.3 is 5.97 Å². The van der Waals surface area contributed by atoms with Crippen molar-refractivity contribution in [3.8, 4) is 10.4 Å². The maximum atomic E-state index is 11.8. The molecule has 0 atom stereocenters.